The summed E-state index contributed by atoms with van der Waals surface area (Å²) in [6.45, 7) is 0. The fraction of sp³-hybridized carbons (Fsp3) is 0.125. The van der Waals surface area contributed by atoms with Crippen LogP contribution in [-0.2, 0) is 16.2 Å². The molecule has 1 aromatic rings. The van der Waals surface area contributed by atoms with E-state index in [0.717, 1.165) is 0 Å². The molecular formula is C8H5BrFNO4. The zero-order chi connectivity index (χ0) is 11.4. The van der Waals surface area contributed by atoms with Crippen LogP contribution in [0.3, 0.4) is 0 Å². The summed E-state index contributed by atoms with van der Waals surface area (Å²) in [5.74, 6) is -1.17. The molecule has 5 nitrogen and oxygen atoms in total. The molecule has 0 aliphatic heterocycles. The minimum atomic E-state index is -1.17. The molecule has 1 aromatic carbocycles. The predicted octanol–water partition coefficient (Wildman–Crippen LogP) is 2.33. The summed E-state index contributed by atoms with van der Waals surface area (Å²) in [4.78, 5) is 23.5. The lowest BCUT2D eigenvalue weighted by molar-refractivity contribution is -0.385. The van der Waals surface area contributed by atoms with E-state index < -0.39 is 17.3 Å². The third-order valence-corrected chi connectivity index (χ3v) is 2.16. The molecule has 0 heterocycles. The van der Waals surface area contributed by atoms with Gasteiger partial charge in [-0.2, -0.15) is 0 Å². The van der Waals surface area contributed by atoms with Crippen LogP contribution in [0, 0.1) is 10.1 Å². The molecule has 0 aliphatic carbocycles. The van der Waals surface area contributed by atoms with Crippen molar-refractivity contribution in [3.05, 3.63) is 38.3 Å². The molecule has 0 spiro atoms. The van der Waals surface area contributed by atoms with Gasteiger partial charge in [-0.05, 0) is 6.07 Å². The first-order valence-electron chi connectivity index (χ1n) is 3.79. The van der Waals surface area contributed by atoms with E-state index in [4.69, 9.17) is 0 Å². The van der Waals surface area contributed by atoms with Crippen molar-refractivity contribution >= 4 is 27.6 Å². The van der Waals surface area contributed by atoms with Crippen LogP contribution in [0.2, 0.25) is 0 Å². The predicted molar refractivity (Wildman–Crippen MR) is 51.7 cm³/mol. The molecule has 80 valence electrons. The van der Waals surface area contributed by atoms with Crippen LogP contribution in [0.1, 0.15) is 5.56 Å². The number of benzene rings is 1. The van der Waals surface area contributed by atoms with Crippen molar-refractivity contribution in [1.29, 1.82) is 0 Å². The van der Waals surface area contributed by atoms with E-state index in [1.54, 1.807) is 0 Å². The smallest absolute Gasteiger partial charge is 0.258 e. The van der Waals surface area contributed by atoms with Gasteiger partial charge in [0, 0.05) is 20.6 Å². The zero-order valence-corrected chi connectivity index (χ0v) is 8.86. The van der Waals surface area contributed by atoms with Crippen LogP contribution >= 0.6 is 15.9 Å². The lowest BCUT2D eigenvalue weighted by Gasteiger charge is -2.00. The van der Waals surface area contributed by atoms with Gasteiger partial charge >= 0.3 is 5.97 Å². The average molecular weight is 278 g/mol. The van der Waals surface area contributed by atoms with E-state index in [0.29, 0.717) is 4.47 Å². The van der Waals surface area contributed by atoms with Crippen LogP contribution < -0.4 is 0 Å². The van der Waals surface area contributed by atoms with E-state index in [2.05, 4.69) is 20.9 Å². The van der Waals surface area contributed by atoms with Gasteiger partial charge in [-0.25, -0.2) is 4.79 Å². The lowest BCUT2D eigenvalue weighted by atomic mass is 10.1. The van der Waals surface area contributed by atoms with Crippen LogP contribution in [-0.4, -0.2) is 10.9 Å². The molecule has 0 aliphatic rings. The van der Waals surface area contributed by atoms with Gasteiger partial charge in [-0.1, -0.05) is 22.0 Å². The number of carbonyl (C=O) groups is 1. The van der Waals surface area contributed by atoms with Gasteiger partial charge in [-0.15, -0.1) is 0 Å². The summed E-state index contributed by atoms with van der Waals surface area (Å²) in [5.41, 5.74) is -0.152. The van der Waals surface area contributed by atoms with Gasteiger partial charge in [0.25, 0.3) is 5.69 Å². The number of nitro benzene ring substituents is 1. The van der Waals surface area contributed by atoms with Gasteiger partial charge in [0.2, 0.25) is 0 Å². The van der Waals surface area contributed by atoms with E-state index in [1.807, 2.05) is 0 Å². The fourth-order valence-electron chi connectivity index (χ4n) is 1.04. The molecule has 0 saturated carbocycles. The number of nitro groups is 1. The summed E-state index contributed by atoms with van der Waals surface area (Å²) < 4.78 is 12.0. The number of rotatable bonds is 3. The Hall–Kier alpha value is -1.50. The van der Waals surface area contributed by atoms with Crippen molar-refractivity contribution < 1.29 is 19.2 Å². The molecule has 0 N–H and O–H groups in total. The second-order valence-corrected chi connectivity index (χ2v) is 3.57. The SMILES string of the molecule is O=C(Cc1ccc(Br)cc1[N+](=O)[O-])OF. The first-order valence-corrected chi connectivity index (χ1v) is 4.58. The van der Waals surface area contributed by atoms with Crippen molar-refractivity contribution in [2.75, 3.05) is 0 Å². The van der Waals surface area contributed by atoms with Crippen LogP contribution in [0.4, 0.5) is 10.2 Å². The molecule has 0 fully saturated rings. The van der Waals surface area contributed by atoms with Crippen LogP contribution in [0.25, 0.3) is 0 Å². The molecule has 0 bridgehead atoms. The number of hydrogen-bond donors (Lipinski definition) is 0. The Labute approximate surface area is 92.0 Å². The van der Waals surface area contributed by atoms with Gasteiger partial charge in [0.15, 0.2) is 0 Å². The molecule has 0 radical (unpaired) electrons. The van der Waals surface area contributed by atoms with E-state index in [-0.39, 0.29) is 11.3 Å². The minimum Gasteiger partial charge on any atom is -0.258 e. The quantitative estimate of drug-likeness (QED) is 0.628. The van der Waals surface area contributed by atoms with Gasteiger partial charge < -0.3 is 0 Å². The second-order valence-electron chi connectivity index (χ2n) is 2.66. The van der Waals surface area contributed by atoms with E-state index >= 15 is 0 Å². The van der Waals surface area contributed by atoms with Crippen molar-refractivity contribution in [2.24, 2.45) is 0 Å². The number of halogens is 2. The molecule has 0 aromatic heterocycles. The van der Waals surface area contributed by atoms with Crippen molar-refractivity contribution in [2.45, 2.75) is 6.42 Å². The van der Waals surface area contributed by atoms with Gasteiger partial charge in [-0.3, -0.25) is 15.1 Å². The van der Waals surface area contributed by atoms with E-state index in [1.165, 1.54) is 18.2 Å². The molecule has 7 heteroatoms. The Balaban J connectivity index is 3.06. The fourth-order valence-corrected chi connectivity index (χ4v) is 1.39. The molecule has 1 rings (SSSR count). The Kier molecular flexibility index (Phi) is 3.73. The van der Waals surface area contributed by atoms with Gasteiger partial charge in [0.1, 0.15) is 0 Å². The maximum absolute atomic E-state index is 11.5. The van der Waals surface area contributed by atoms with Gasteiger partial charge in [0.05, 0.1) is 11.3 Å². The summed E-state index contributed by atoms with van der Waals surface area (Å²) in [5, 5.41) is 10.6. The number of carbonyl (C=O) groups excluding carboxylic acids is 1. The van der Waals surface area contributed by atoms with E-state index in [9.17, 15) is 19.4 Å². The van der Waals surface area contributed by atoms with Crippen molar-refractivity contribution in [3.8, 4) is 0 Å². The number of nitrogens with zero attached hydrogens (tertiary/aromatic N) is 1. The Bertz CT molecular complexity index is 410. The highest BCUT2D eigenvalue weighted by atomic mass is 79.9. The van der Waals surface area contributed by atoms with Crippen molar-refractivity contribution in [1.82, 2.24) is 0 Å². The Morgan fingerprint density at radius 1 is 1.60 bits per heavy atom. The zero-order valence-electron chi connectivity index (χ0n) is 7.28. The highest BCUT2D eigenvalue weighted by Gasteiger charge is 2.17. The highest BCUT2D eigenvalue weighted by molar-refractivity contribution is 9.10. The Morgan fingerprint density at radius 3 is 2.80 bits per heavy atom. The average Bonchev–Trinajstić information content (AvgIpc) is 2.20. The maximum atomic E-state index is 11.5. The largest absolute Gasteiger partial charge is 0.353 e. The molecule has 0 amide bonds. The molecule has 0 saturated heterocycles. The molecule has 0 unspecified atom stereocenters. The summed E-state index contributed by atoms with van der Waals surface area (Å²) >= 11 is 3.05. The minimum absolute atomic E-state index is 0.103. The first-order chi connectivity index (χ1) is 7.04. The van der Waals surface area contributed by atoms with Crippen LogP contribution in [0.15, 0.2) is 22.7 Å². The second kappa shape index (κ2) is 4.83. The monoisotopic (exact) mass is 277 g/mol. The Morgan fingerprint density at radius 2 is 2.27 bits per heavy atom. The molecular weight excluding hydrogens is 273 g/mol. The maximum Gasteiger partial charge on any atom is 0.353 e. The molecule has 15 heavy (non-hydrogen) atoms. The van der Waals surface area contributed by atoms with Crippen molar-refractivity contribution in [3.63, 3.8) is 0 Å². The molecule has 0 atom stereocenters. The first kappa shape index (κ1) is 11.6. The topological polar surface area (TPSA) is 69.4 Å². The normalized spacial score (nSPS) is 9.73. The standard InChI is InChI=1S/C8H5BrFNO4/c9-6-2-1-5(3-8(12)15-10)7(4-6)11(13)14/h1-2,4H,3H2. The third-order valence-electron chi connectivity index (χ3n) is 1.66. The highest BCUT2D eigenvalue weighted by Crippen LogP contribution is 2.24. The summed E-state index contributed by atoms with van der Waals surface area (Å²) in [7, 11) is 0. The summed E-state index contributed by atoms with van der Waals surface area (Å²) in [6.07, 6.45) is -0.472. The third kappa shape index (κ3) is 2.98. The number of hydrogen-bond acceptors (Lipinski definition) is 4. The lowest BCUT2D eigenvalue weighted by Crippen LogP contribution is -2.05. The van der Waals surface area contributed by atoms with Crippen LogP contribution in [0.5, 0.6) is 0 Å². The summed E-state index contributed by atoms with van der Waals surface area (Å²) in [6, 6.07) is 4.12.